The van der Waals surface area contributed by atoms with Crippen LogP contribution in [0.3, 0.4) is 0 Å². The van der Waals surface area contributed by atoms with Crippen LogP contribution in [-0.2, 0) is 12.8 Å². The van der Waals surface area contributed by atoms with Crippen LogP contribution in [0, 0.1) is 0 Å². The molecule has 0 amide bonds. The minimum Gasteiger partial charge on any atom is -0.478 e. The summed E-state index contributed by atoms with van der Waals surface area (Å²) >= 11 is 9.01. The third kappa shape index (κ3) is 11.5. The van der Waals surface area contributed by atoms with E-state index in [9.17, 15) is 19.8 Å². The Balaban J connectivity index is 0.00000139. The first-order chi connectivity index (χ1) is 13.1. The monoisotopic (exact) mass is 446 g/mol. The number of carboxylic acids is 2. The van der Waals surface area contributed by atoms with Gasteiger partial charge >= 0.3 is 11.9 Å². The standard InChI is InChI=1S/C18H26O4S2.C3H8O2/c1-17(2,23)9-7-11-5-6-13(15(19)20)14(16(21)22)12(11)8-10-18(3,4)24;1-3(5)2-4/h5-6,23-24H,7-10H2,1-4H3,(H,19,20)(H,21,22);3-5H,2H2,1H3. The van der Waals surface area contributed by atoms with E-state index < -0.39 is 18.0 Å². The van der Waals surface area contributed by atoms with Crippen LogP contribution in [-0.4, -0.2) is 54.6 Å². The first-order valence-corrected chi connectivity index (χ1v) is 10.3. The summed E-state index contributed by atoms with van der Waals surface area (Å²) in [5.41, 5.74) is 1.21. The molecular weight excluding hydrogens is 412 g/mol. The Morgan fingerprint density at radius 1 is 0.966 bits per heavy atom. The maximum Gasteiger partial charge on any atom is 0.336 e. The minimum absolute atomic E-state index is 0.102. The average Bonchev–Trinajstić information content (AvgIpc) is 2.56. The van der Waals surface area contributed by atoms with Crippen LogP contribution in [0.2, 0.25) is 0 Å². The van der Waals surface area contributed by atoms with E-state index in [2.05, 4.69) is 25.3 Å². The van der Waals surface area contributed by atoms with Crippen molar-refractivity contribution >= 4 is 37.2 Å². The molecule has 0 saturated carbocycles. The van der Waals surface area contributed by atoms with Gasteiger partial charge < -0.3 is 20.4 Å². The van der Waals surface area contributed by atoms with Crippen molar-refractivity contribution in [3.8, 4) is 0 Å². The summed E-state index contributed by atoms with van der Waals surface area (Å²) in [4.78, 5) is 23.1. The number of thiol groups is 2. The summed E-state index contributed by atoms with van der Waals surface area (Å²) in [6.45, 7) is 9.29. The Morgan fingerprint density at radius 3 is 1.76 bits per heavy atom. The van der Waals surface area contributed by atoms with Crippen LogP contribution < -0.4 is 0 Å². The van der Waals surface area contributed by atoms with Gasteiger partial charge in [0.2, 0.25) is 0 Å². The molecule has 0 aliphatic rings. The van der Waals surface area contributed by atoms with E-state index in [4.69, 9.17) is 10.2 Å². The molecule has 1 rings (SSSR count). The minimum atomic E-state index is -1.22. The predicted molar refractivity (Wildman–Crippen MR) is 122 cm³/mol. The van der Waals surface area contributed by atoms with Crippen LogP contribution >= 0.6 is 25.3 Å². The van der Waals surface area contributed by atoms with Crippen molar-refractivity contribution in [1.82, 2.24) is 0 Å². The molecule has 4 N–H and O–H groups in total. The van der Waals surface area contributed by atoms with Crippen molar-refractivity contribution in [2.45, 2.75) is 75.9 Å². The smallest absolute Gasteiger partial charge is 0.336 e. The summed E-state index contributed by atoms with van der Waals surface area (Å²) in [6.07, 6.45) is 1.98. The molecule has 0 aliphatic carbocycles. The van der Waals surface area contributed by atoms with Crippen molar-refractivity contribution in [3.63, 3.8) is 0 Å². The SMILES string of the molecule is CC(C)(S)CCc1ccc(C(=O)O)c(C(=O)O)c1CCC(C)(C)S.CC(O)CO. The van der Waals surface area contributed by atoms with Gasteiger partial charge in [-0.15, -0.1) is 0 Å². The molecule has 6 nitrogen and oxygen atoms in total. The van der Waals surface area contributed by atoms with Crippen molar-refractivity contribution < 1.29 is 30.0 Å². The van der Waals surface area contributed by atoms with Gasteiger partial charge in [0, 0.05) is 9.49 Å². The number of hydrogen-bond donors (Lipinski definition) is 6. The lowest BCUT2D eigenvalue weighted by Gasteiger charge is -2.22. The second kappa shape index (κ2) is 11.8. The number of hydrogen-bond acceptors (Lipinski definition) is 6. The van der Waals surface area contributed by atoms with Gasteiger partial charge in [-0.2, -0.15) is 25.3 Å². The second-order valence-corrected chi connectivity index (χ2v) is 10.8. The lowest BCUT2D eigenvalue weighted by molar-refractivity contribution is 0.0650. The number of carbonyl (C=O) groups is 2. The molecule has 8 heteroatoms. The number of aryl methyl sites for hydroxylation is 1. The topological polar surface area (TPSA) is 115 Å². The van der Waals surface area contributed by atoms with E-state index in [1.807, 2.05) is 27.7 Å². The van der Waals surface area contributed by atoms with Gasteiger partial charge in [0.05, 0.1) is 23.8 Å². The highest BCUT2D eigenvalue weighted by atomic mass is 32.1. The molecule has 0 fully saturated rings. The molecular formula is C21H34O6S2. The number of aliphatic hydroxyl groups is 2. The van der Waals surface area contributed by atoms with E-state index in [1.54, 1.807) is 6.07 Å². The maximum atomic E-state index is 11.7. The molecule has 0 saturated heterocycles. The largest absolute Gasteiger partial charge is 0.478 e. The molecule has 0 aliphatic heterocycles. The fourth-order valence-corrected chi connectivity index (χ4v) is 2.73. The number of aliphatic hydroxyl groups excluding tert-OH is 2. The summed E-state index contributed by atoms with van der Waals surface area (Å²) in [7, 11) is 0. The zero-order valence-electron chi connectivity index (χ0n) is 17.8. The van der Waals surface area contributed by atoms with Gasteiger partial charge in [0.1, 0.15) is 0 Å². The quantitative estimate of drug-likeness (QED) is 0.322. The molecule has 0 radical (unpaired) electrons. The van der Waals surface area contributed by atoms with Gasteiger partial charge in [0.25, 0.3) is 0 Å². The number of aromatic carboxylic acids is 2. The molecule has 0 aromatic heterocycles. The Hall–Kier alpha value is -1.22. The highest BCUT2D eigenvalue weighted by Gasteiger charge is 2.25. The molecule has 0 heterocycles. The molecule has 166 valence electrons. The fraction of sp³-hybridized carbons (Fsp3) is 0.619. The zero-order chi connectivity index (χ0) is 23.0. The van der Waals surface area contributed by atoms with Crippen LogP contribution in [0.4, 0.5) is 0 Å². The van der Waals surface area contributed by atoms with Gasteiger partial charge in [0.15, 0.2) is 0 Å². The van der Waals surface area contributed by atoms with E-state index in [-0.39, 0.29) is 27.2 Å². The molecule has 1 unspecified atom stereocenters. The molecule has 29 heavy (non-hydrogen) atoms. The Bertz CT molecular complexity index is 688. The molecule has 1 aromatic carbocycles. The molecule has 1 atom stereocenters. The van der Waals surface area contributed by atoms with E-state index in [0.29, 0.717) is 24.8 Å². The van der Waals surface area contributed by atoms with Gasteiger partial charge in [-0.25, -0.2) is 9.59 Å². The lowest BCUT2D eigenvalue weighted by Crippen LogP contribution is -2.19. The van der Waals surface area contributed by atoms with E-state index in [1.165, 1.54) is 13.0 Å². The third-order valence-electron chi connectivity index (χ3n) is 4.11. The van der Waals surface area contributed by atoms with Crippen LogP contribution in [0.5, 0.6) is 0 Å². The van der Waals surface area contributed by atoms with Gasteiger partial charge in [-0.05, 0) is 49.8 Å². The van der Waals surface area contributed by atoms with Crippen LogP contribution in [0.15, 0.2) is 12.1 Å². The van der Waals surface area contributed by atoms with Crippen molar-refractivity contribution in [3.05, 3.63) is 34.4 Å². The van der Waals surface area contributed by atoms with Gasteiger partial charge in [-0.1, -0.05) is 33.8 Å². The molecule has 1 aromatic rings. The lowest BCUT2D eigenvalue weighted by atomic mass is 9.87. The average molecular weight is 447 g/mol. The van der Waals surface area contributed by atoms with Crippen molar-refractivity contribution in [1.29, 1.82) is 0 Å². The fourth-order valence-electron chi connectivity index (χ4n) is 2.50. The predicted octanol–water partition coefficient (Wildman–Crippen LogP) is 3.72. The van der Waals surface area contributed by atoms with E-state index >= 15 is 0 Å². The Kier molecular flexibility index (Phi) is 11.3. The third-order valence-corrected chi connectivity index (χ3v) is 4.56. The summed E-state index contributed by atoms with van der Waals surface area (Å²) in [6, 6.07) is 3.12. The number of carboxylic acid groups (broad SMARTS) is 2. The summed E-state index contributed by atoms with van der Waals surface area (Å²) in [5, 5.41) is 34.9. The number of rotatable bonds is 9. The highest BCUT2D eigenvalue weighted by molar-refractivity contribution is 7.81. The van der Waals surface area contributed by atoms with Crippen molar-refractivity contribution in [2.24, 2.45) is 0 Å². The normalized spacial score (nSPS) is 12.7. The molecule has 0 spiro atoms. The van der Waals surface area contributed by atoms with Crippen LogP contribution in [0.25, 0.3) is 0 Å². The van der Waals surface area contributed by atoms with Crippen molar-refractivity contribution in [2.75, 3.05) is 6.61 Å². The highest BCUT2D eigenvalue weighted by Crippen LogP contribution is 2.29. The Labute approximate surface area is 184 Å². The summed E-state index contributed by atoms with van der Waals surface area (Å²) in [5.74, 6) is -2.42. The zero-order valence-corrected chi connectivity index (χ0v) is 19.6. The summed E-state index contributed by atoms with van der Waals surface area (Å²) < 4.78 is -0.454. The second-order valence-electron chi connectivity index (χ2n) is 8.39. The first kappa shape index (κ1) is 27.8. The Morgan fingerprint density at radius 2 is 1.41 bits per heavy atom. The number of benzene rings is 1. The first-order valence-electron chi connectivity index (χ1n) is 9.44. The van der Waals surface area contributed by atoms with Crippen LogP contribution in [0.1, 0.15) is 79.3 Å². The molecule has 0 bridgehead atoms. The maximum absolute atomic E-state index is 11.7. The van der Waals surface area contributed by atoms with E-state index in [0.717, 1.165) is 12.0 Å². The van der Waals surface area contributed by atoms with Gasteiger partial charge in [-0.3, -0.25) is 0 Å².